The van der Waals surface area contributed by atoms with E-state index >= 15 is 0 Å². The fourth-order valence-corrected chi connectivity index (χ4v) is 16.6. The van der Waals surface area contributed by atoms with Crippen molar-refractivity contribution in [3.05, 3.63) is 142 Å². The van der Waals surface area contributed by atoms with E-state index in [2.05, 4.69) is 149 Å². The van der Waals surface area contributed by atoms with Crippen LogP contribution >= 0.6 is 15.8 Å². The Hall–Kier alpha value is -1.49. The molecule has 5 heteroatoms. The van der Waals surface area contributed by atoms with E-state index in [1.54, 1.807) is 21.8 Å². The first kappa shape index (κ1) is 32.4. The van der Waals surface area contributed by atoms with Crippen molar-refractivity contribution in [1.29, 1.82) is 0 Å². The van der Waals surface area contributed by atoms with Crippen molar-refractivity contribution in [2.75, 3.05) is 0 Å². The molecule has 0 fully saturated rings. The number of halogens is 2. The Morgan fingerprint density at radius 1 is 0.512 bits per heavy atom. The number of rotatable bonds is 8. The Labute approximate surface area is 270 Å². The van der Waals surface area contributed by atoms with Gasteiger partial charge in [-0.05, 0) is 0 Å². The second kappa shape index (κ2) is 14.3. The van der Waals surface area contributed by atoms with Crippen molar-refractivity contribution in [3.8, 4) is 0 Å². The average molecular weight is 649 g/mol. The van der Waals surface area contributed by atoms with Crippen LogP contribution in [0, 0.1) is 0 Å². The van der Waals surface area contributed by atoms with Crippen LogP contribution in [0.2, 0.25) is 0 Å². The van der Waals surface area contributed by atoms with Gasteiger partial charge in [0.25, 0.3) is 0 Å². The third-order valence-electron chi connectivity index (χ3n) is 7.84. The monoisotopic (exact) mass is 648 g/mol. The largest absolute Gasteiger partial charge is 1.00 e. The standard InChI is InChI=1S/C21H16P.C15H20P.2ClH.Ti/c1-3-11-19(12-4-1)22(20-13-5-2-6-14-20)21-15-17-9-7-8-10-18(17)16-21;1-11(2)16(12(3)4)15-9-13-7-5-6-8-14(13)10-15;;;/h1-16H;5-12H,1-4H3;2*1H;/q;;;;+2/p-2. The summed E-state index contributed by atoms with van der Waals surface area (Å²) in [5.74, 6) is 0. The van der Waals surface area contributed by atoms with Gasteiger partial charge in [-0.25, -0.2) is 0 Å². The molecule has 0 saturated carbocycles. The predicted octanol–water partition coefficient (Wildman–Crippen LogP) is 3.70. The van der Waals surface area contributed by atoms with E-state index in [4.69, 9.17) is 0 Å². The zero-order chi connectivity index (χ0) is 26.9. The van der Waals surface area contributed by atoms with Crippen LogP contribution in [0.3, 0.4) is 0 Å². The molecule has 2 unspecified atom stereocenters. The van der Waals surface area contributed by atoms with Gasteiger partial charge in [-0.2, -0.15) is 0 Å². The summed E-state index contributed by atoms with van der Waals surface area (Å²) >= 11 is -0.436. The molecule has 4 aromatic rings. The van der Waals surface area contributed by atoms with Crippen LogP contribution < -0.4 is 35.4 Å². The molecule has 0 spiro atoms. The van der Waals surface area contributed by atoms with Crippen LogP contribution in [-0.2, 0) is 19.2 Å². The molecule has 6 rings (SSSR count). The molecular formula is C36H36Cl2P2Ti. The SMILES string of the molecule is CC(C)P(C1=Cc2ccccc2[CH]1[Ti+2][CH]1C(P(c2ccccc2)c2ccccc2)=Cc2ccccc21)C(C)C.[Cl-].[Cl-]. The molecular weight excluding hydrogens is 613 g/mol. The van der Waals surface area contributed by atoms with Gasteiger partial charge in [0.1, 0.15) is 0 Å². The van der Waals surface area contributed by atoms with E-state index in [1.807, 2.05) is 0 Å². The Balaban J connectivity index is 0.00000194. The Bertz CT molecular complexity index is 1470. The van der Waals surface area contributed by atoms with Crippen molar-refractivity contribution in [2.24, 2.45) is 0 Å². The average Bonchev–Trinajstić information content (AvgIpc) is 3.48. The summed E-state index contributed by atoms with van der Waals surface area (Å²) in [6.07, 6.45) is 5.18. The topological polar surface area (TPSA) is 0 Å². The normalized spacial score (nSPS) is 17.0. The molecule has 0 radical (unpaired) electrons. The molecule has 2 aliphatic rings. The van der Waals surface area contributed by atoms with Gasteiger partial charge in [0.05, 0.1) is 0 Å². The summed E-state index contributed by atoms with van der Waals surface area (Å²) in [6, 6.07) is 41.1. The molecule has 2 atom stereocenters. The Kier molecular flexibility index (Phi) is 11.3. The van der Waals surface area contributed by atoms with Gasteiger partial charge >= 0.3 is 247 Å². The minimum absolute atomic E-state index is 0. The predicted molar refractivity (Wildman–Crippen MR) is 171 cm³/mol. The Morgan fingerprint density at radius 2 is 0.902 bits per heavy atom. The van der Waals surface area contributed by atoms with Gasteiger partial charge in [-0.15, -0.1) is 0 Å². The number of hydrogen-bond acceptors (Lipinski definition) is 0. The molecule has 0 bridgehead atoms. The van der Waals surface area contributed by atoms with Gasteiger partial charge in [0, 0.05) is 0 Å². The van der Waals surface area contributed by atoms with Gasteiger partial charge < -0.3 is 24.8 Å². The van der Waals surface area contributed by atoms with E-state index < -0.39 is 27.1 Å². The van der Waals surface area contributed by atoms with Crippen LogP contribution in [0.25, 0.3) is 12.2 Å². The van der Waals surface area contributed by atoms with Gasteiger partial charge in [0.2, 0.25) is 0 Å². The fourth-order valence-electron chi connectivity index (χ4n) is 6.34. The maximum absolute atomic E-state index is 2.61. The maximum atomic E-state index is 2.61. The summed E-state index contributed by atoms with van der Waals surface area (Å²) in [4.78, 5) is 0. The Morgan fingerprint density at radius 3 is 1.37 bits per heavy atom. The molecule has 0 aromatic heterocycles. The number of allylic oxidation sites excluding steroid dienone is 2. The number of fused-ring (bicyclic) bond motifs is 2. The second-order valence-corrected chi connectivity index (χ2v) is 19.0. The first-order valence-corrected chi connectivity index (χ1v) is 18.7. The first-order chi connectivity index (χ1) is 19.0. The van der Waals surface area contributed by atoms with Crippen molar-refractivity contribution < 1.29 is 44.0 Å². The molecule has 208 valence electrons. The zero-order valence-electron chi connectivity index (χ0n) is 24.0. The smallest absolute Gasteiger partial charge is 1.00 e. The van der Waals surface area contributed by atoms with E-state index in [1.165, 1.54) is 21.7 Å². The summed E-state index contributed by atoms with van der Waals surface area (Å²) in [5, 5.41) is 6.35. The molecule has 0 aliphatic heterocycles. The zero-order valence-corrected chi connectivity index (χ0v) is 28.9. The maximum Gasteiger partial charge on any atom is -1.00 e. The minimum atomic E-state index is -0.601. The van der Waals surface area contributed by atoms with Crippen LogP contribution in [0.4, 0.5) is 0 Å². The third kappa shape index (κ3) is 6.55. The van der Waals surface area contributed by atoms with Crippen LogP contribution in [-0.4, -0.2) is 11.3 Å². The molecule has 0 nitrogen and oxygen atoms in total. The van der Waals surface area contributed by atoms with Crippen LogP contribution in [0.5, 0.6) is 0 Å². The van der Waals surface area contributed by atoms with Crippen molar-refractivity contribution in [2.45, 2.75) is 47.5 Å². The summed E-state index contributed by atoms with van der Waals surface area (Å²) in [7, 11) is -0.793. The van der Waals surface area contributed by atoms with Crippen molar-refractivity contribution in [3.63, 3.8) is 0 Å². The summed E-state index contributed by atoms with van der Waals surface area (Å²) in [5.41, 5.74) is 7.47. The molecule has 0 saturated heterocycles. The van der Waals surface area contributed by atoms with Crippen LogP contribution in [0.15, 0.2) is 120 Å². The quantitative estimate of drug-likeness (QED) is 0.202. The van der Waals surface area contributed by atoms with Gasteiger partial charge in [-0.3, -0.25) is 0 Å². The fraction of sp³-hybridized carbons (Fsp3) is 0.222. The van der Waals surface area contributed by atoms with Crippen molar-refractivity contribution in [1.82, 2.24) is 0 Å². The molecule has 0 heterocycles. The van der Waals surface area contributed by atoms with Gasteiger partial charge in [0.15, 0.2) is 0 Å². The van der Waals surface area contributed by atoms with E-state index in [9.17, 15) is 0 Å². The third-order valence-corrected chi connectivity index (χ3v) is 17.3. The summed E-state index contributed by atoms with van der Waals surface area (Å²) < 4.78 is 1.13. The van der Waals surface area contributed by atoms with E-state index in [0.717, 1.165) is 0 Å². The summed E-state index contributed by atoms with van der Waals surface area (Å²) in [6.45, 7) is 9.80. The first-order valence-electron chi connectivity index (χ1n) is 14.1. The molecule has 2 aliphatic carbocycles. The van der Waals surface area contributed by atoms with E-state index in [-0.39, 0.29) is 32.7 Å². The second-order valence-electron chi connectivity index (χ2n) is 11.0. The van der Waals surface area contributed by atoms with E-state index in [0.29, 0.717) is 19.8 Å². The number of hydrogen-bond donors (Lipinski definition) is 0. The number of benzene rings is 4. The molecule has 4 aromatic carbocycles. The van der Waals surface area contributed by atoms with Gasteiger partial charge in [-0.1, -0.05) is 0 Å². The van der Waals surface area contributed by atoms with Crippen molar-refractivity contribution >= 4 is 38.6 Å². The molecule has 0 N–H and O–H groups in total. The minimum Gasteiger partial charge on any atom is -1.00 e. The molecule has 41 heavy (non-hydrogen) atoms. The molecule has 0 amide bonds. The van der Waals surface area contributed by atoms with Crippen LogP contribution in [0.1, 0.15) is 58.4 Å².